The molecule has 1 saturated heterocycles. The van der Waals surface area contributed by atoms with Crippen LogP contribution in [0.1, 0.15) is 13.3 Å². The Morgan fingerprint density at radius 1 is 0.882 bits per heavy atom. The fraction of sp³-hybridized carbons (Fsp3) is 0.370. The number of nitrogens with zero attached hydrogens (tertiary/aromatic N) is 1. The highest BCUT2D eigenvalue weighted by Gasteiger charge is 2.67. The van der Waals surface area contributed by atoms with Gasteiger partial charge in [0.25, 0.3) is 0 Å². The lowest BCUT2D eigenvalue weighted by Gasteiger charge is -2.37. The van der Waals surface area contributed by atoms with E-state index in [1.165, 1.54) is 4.90 Å². The maximum atomic E-state index is 13.2. The third kappa shape index (κ3) is 3.22. The molecule has 34 heavy (non-hydrogen) atoms. The molecule has 174 valence electrons. The summed E-state index contributed by atoms with van der Waals surface area (Å²) in [6.45, 7) is 1.62. The Balaban J connectivity index is 1.11. The van der Waals surface area contributed by atoms with E-state index in [1.807, 2.05) is 24.3 Å². The largest absolute Gasteiger partial charge is 0.497 e. The molecule has 7 atom stereocenters. The van der Waals surface area contributed by atoms with Crippen molar-refractivity contribution < 1.29 is 23.9 Å². The smallest absolute Gasteiger partial charge is 0.247 e. The van der Waals surface area contributed by atoms with Crippen molar-refractivity contribution in [1.82, 2.24) is 4.90 Å². The molecule has 7 nitrogen and oxygen atoms in total. The van der Waals surface area contributed by atoms with E-state index >= 15 is 0 Å². The lowest BCUT2D eigenvalue weighted by atomic mass is 9.63. The highest BCUT2D eigenvalue weighted by atomic mass is 16.5. The van der Waals surface area contributed by atoms with Crippen molar-refractivity contribution in [3.05, 3.63) is 60.7 Å². The summed E-state index contributed by atoms with van der Waals surface area (Å²) in [7, 11) is 1.61. The van der Waals surface area contributed by atoms with E-state index in [4.69, 9.17) is 9.47 Å². The van der Waals surface area contributed by atoms with Crippen molar-refractivity contribution in [3.8, 4) is 17.2 Å². The first kappa shape index (κ1) is 21.0. The molecule has 1 N–H and O–H groups in total. The van der Waals surface area contributed by atoms with Crippen molar-refractivity contribution in [3.63, 3.8) is 0 Å². The third-order valence-corrected chi connectivity index (χ3v) is 7.88. The van der Waals surface area contributed by atoms with Gasteiger partial charge in [0.1, 0.15) is 23.3 Å². The topological polar surface area (TPSA) is 84.9 Å². The molecule has 3 amide bonds. The molecule has 0 radical (unpaired) electrons. The van der Waals surface area contributed by atoms with Gasteiger partial charge < -0.3 is 14.8 Å². The van der Waals surface area contributed by atoms with Gasteiger partial charge >= 0.3 is 0 Å². The molecule has 2 bridgehead atoms. The van der Waals surface area contributed by atoms with Gasteiger partial charge in [-0.3, -0.25) is 19.3 Å². The standard InChI is InChI=1S/C27H26N2O5/c1-14(29-26(31)23-19-11-12-20(22-13-21(19)22)24(23)27(29)32)25(30)28-15-3-5-17(6-4-15)34-18-9-7-16(33-2)8-10-18/h3-12,14,19-24H,13H2,1-2H3,(H,28,30)/t14-,19+,20+,21+,22+,23-,24+/m0/s1. The minimum atomic E-state index is -0.864. The third-order valence-electron chi connectivity index (χ3n) is 7.88. The van der Waals surface area contributed by atoms with Crippen molar-refractivity contribution in [2.75, 3.05) is 12.4 Å². The second kappa shape index (κ2) is 7.72. The number of hydrogen-bond acceptors (Lipinski definition) is 5. The van der Waals surface area contributed by atoms with Gasteiger partial charge in [-0.2, -0.15) is 0 Å². The molecule has 1 aliphatic heterocycles. The fourth-order valence-corrected chi connectivity index (χ4v) is 6.11. The van der Waals surface area contributed by atoms with Gasteiger partial charge in [-0.25, -0.2) is 0 Å². The summed E-state index contributed by atoms with van der Waals surface area (Å²) in [4.78, 5) is 40.6. The van der Waals surface area contributed by atoms with Gasteiger partial charge in [0.05, 0.1) is 18.9 Å². The Morgan fingerprint density at radius 2 is 1.38 bits per heavy atom. The van der Waals surface area contributed by atoms with Crippen LogP contribution in [0, 0.1) is 35.5 Å². The normalized spacial score (nSPS) is 31.1. The Hall–Kier alpha value is -3.61. The summed E-state index contributed by atoms with van der Waals surface area (Å²) in [5, 5.41) is 2.83. The van der Waals surface area contributed by atoms with Crippen molar-refractivity contribution in [2.45, 2.75) is 19.4 Å². The SMILES string of the molecule is COc1ccc(Oc2ccc(NC(=O)[C@H](C)N3C(=O)[C@@H]4[C@@H]5C=C[C@H]([C@H]6C[C@H]56)[C@@H]4C3=O)cc2)cc1. The minimum absolute atomic E-state index is 0.148. The molecule has 3 fully saturated rings. The molecule has 5 aliphatic rings. The average molecular weight is 459 g/mol. The summed E-state index contributed by atoms with van der Waals surface area (Å²) in [5.74, 6) is 2.05. The monoisotopic (exact) mass is 458 g/mol. The number of benzene rings is 2. The first-order valence-corrected chi connectivity index (χ1v) is 11.7. The molecule has 1 heterocycles. The molecule has 2 saturated carbocycles. The van der Waals surface area contributed by atoms with E-state index in [0.717, 1.165) is 12.2 Å². The number of likely N-dealkylation sites (tertiary alicyclic amines) is 1. The first-order valence-electron chi connectivity index (χ1n) is 11.7. The summed E-state index contributed by atoms with van der Waals surface area (Å²) in [6, 6.07) is 13.3. The molecule has 0 aromatic heterocycles. The number of allylic oxidation sites excluding steroid dienone is 2. The summed E-state index contributed by atoms with van der Waals surface area (Å²) in [5.41, 5.74) is 0.568. The number of ether oxygens (including phenoxy) is 2. The molecular formula is C27H26N2O5. The second-order valence-electron chi connectivity index (χ2n) is 9.67. The number of anilines is 1. The molecule has 0 unspecified atom stereocenters. The van der Waals surface area contributed by atoms with Gasteiger partial charge in [-0.05, 0) is 85.5 Å². The van der Waals surface area contributed by atoms with Crippen LogP contribution in [-0.2, 0) is 14.4 Å². The van der Waals surface area contributed by atoms with Gasteiger partial charge in [0, 0.05) is 5.69 Å². The molecule has 4 aliphatic carbocycles. The van der Waals surface area contributed by atoms with Crippen molar-refractivity contribution in [1.29, 1.82) is 0 Å². The van der Waals surface area contributed by atoms with E-state index in [-0.39, 0.29) is 41.4 Å². The maximum absolute atomic E-state index is 13.2. The van der Waals surface area contributed by atoms with E-state index < -0.39 is 6.04 Å². The van der Waals surface area contributed by atoms with E-state index in [1.54, 1.807) is 38.3 Å². The quantitative estimate of drug-likeness (QED) is 0.525. The number of carbonyl (C=O) groups is 3. The van der Waals surface area contributed by atoms with Gasteiger partial charge in [-0.1, -0.05) is 12.2 Å². The summed E-state index contributed by atoms with van der Waals surface area (Å²) >= 11 is 0. The minimum Gasteiger partial charge on any atom is -0.497 e. The number of methoxy groups -OCH3 is 1. The van der Waals surface area contributed by atoms with Gasteiger partial charge in [-0.15, -0.1) is 0 Å². The number of imide groups is 1. The van der Waals surface area contributed by atoms with Crippen LogP contribution in [0.25, 0.3) is 0 Å². The summed E-state index contributed by atoms with van der Waals surface area (Å²) in [6.07, 6.45) is 5.38. The number of hydrogen-bond donors (Lipinski definition) is 1. The Bertz CT molecular complexity index is 1150. The molecule has 2 aromatic rings. The van der Waals surface area contributed by atoms with Crippen LogP contribution in [0.4, 0.5) is 5.69 Å². The zero-order chi connectivity index (χ0) is 23.6. The predicted octanol–water partition coefficient (Wildman–Crippen LogP) is 3.87. The zero-order valence-electron chi connectivity index (χ0n) is 19.0. The van der Waals surface area contributed by atoms with Gasteiger partial charge in [0.2, 0.25) is 17.7 Å². The van der Waals surface area contributed by atoms with Crippen LogP contribution in [-0.4, -0.2) is 35.8 Å². The molecule has 7 heteroatoms. The Labute approximate surface area is 197 Å². The molecule has 7 rings (SSSR count). The Kier molecular flexibility index (Phi) is 4.76. The van der Waals surface area contributed by atoms with Crippen molar-refractivity contribution in [2.24, 2.45) is 35.5 Å². The number of nitrogens with one attached hydrogen (secondary N) is 1. The lowest BCUT2D eigenvalue weighted by Crippen LogP contribution is -2.46. The van der Waals surface area contributed by atoms with Crippen LogP contribution >= 0.6 is 0 Å². The van der Waals surface area contributed by atoms with E-state index in [0.29, 0.717) is 29.0 Å². The first-order chi connectivity index (χ1) is 16.5. The Morgan fingerprint density at radius 3 is 1.91 bits per heavy atom. The van der Waals surface area contributed by atoms with E-state index in [2.05, 4.69) is 17.5 Å². The average Bonchev–Trinajstić information content (AvgIpc) is 3.63. The number of rotatable bonds is 6. The zero-order valence-corrected chi connectivity index (χ0v) is 19.0. The van der Waals surface area contributed by atoms with Crippen LogP contribution in [0.2, 0.25) is 0 Å². The lowest BCUT2D eigenvalue weighted by molar-refractivity contribution is -0.146. The maximum Gasteiger partial charge on any atom is 0.247 e. The second-order valence-corrected chi connectivity index (χ2v) is 9.67. The van der Waals surface area contributed by atoms with Gasteiger partial charge in [0.15, 0.2) is 0 Å². The molecule has 0 spiro atoms. The summed E-state index contributed by atoms with van der Waals surface area (Å²) < 4.78 is 11.0. The van der Waals surface area contributed by atoms with Crippen LogP contribution in [0.5, 0.6) is 17.2 Å². The fourth-order valence-electron chi connectivity index (χ4n) is 6.11. The highest BCUT2D eigenvalue weighted by Crippen LogP contribution is 2.65. The number of amides is 3. The van der Waals surface area contributed by atoms with Crippen molar-refractivity contribution >= 4 is 23.4 Å². The molecular weight excluding hydrogens is 432 g/mol. The molecule has 2 aromatic carbocycles. The van der Waals surface area contributed by atoms with Crippen LogP contribution < -0.4 is 14.8 Å². The number of carbonyl (C=O) groups excluding carboxylic acids is 3. The predicted molar refractivity (Wildman–Crippen MR) is 124 cm³/mol. The van der Waals surface area contributed by atoms with Crippen LogP contribution in [0.3, 0.4) is 0 Å². The highest BCUT2D eigenvalue weighted by molar-refractivity contribution is 6.10. The van der Waals surface area contributed by atoms with E-state index in [9.17, 15) is 14.4 Å². The van der Waals surface area contributed by atoms with Crippen LogP contribution in [0.15, 0.2) is 60.7 Å².